The number of hydrogen-bond donors (Lipinski definition) is 3. The van der Waals surface area contributed by atoms with E-state index < -0.39 is 5.97 Å². The second kappa shape index (κ2) is 7.95. The molecule has 1 fully saturated rings. The highest BCUT2D eigenvalue weighted by Gasteiger charge is 2.26. The van der Waals surface area contributed by atoms with E-state index in [1.165, 1.54) is 0 Å². The minimum atomic E-state index is -0.747. The van der Waals surface area contributed by atoms with Gasteiger partial charge in [0.2, 0.25) is 0 Å². The van der Waals surface area contributed by atoms with E-state index in [9.17, 15) is 9.59 Å². The van der Waals surface area contributed by atoms with Gasteiger partial charge in [-0.3, -0.25) is 4.79 Å². The van der Waals surface area contributed by atoms with Crippen LogP contribution in [0, 0.1) is 12.8 Å². The van der Waals surface area contributed by atoms with Crippen LogP contribution in [0.4, 0.5) is 10.5 Å². The summed E-state index contributed by atoms with van der Waals surface area (Å²) in [5.74, 6) is -0.425. The van der Waals surface area contributed by atoms with Crippen LogP contribution >= 0.6 is 0 Å². The van der Waals surface area contributed by atoms with Crippen LogP contribution in [0.15, 0.2) is 36.5 Å². The summed E-state index contributed by atoms with van der Waals surface area (Å²) in [7, 11) is 0. The van der Waals surface area contributed by atoms with Crippen LogP contribution in [-0.2, 0) is 4.79 Å². The fourth-order valence-corrected chi connectivity index (χ4v) is 3.16. The number of benzene rings is 1. The Kier molecular flexibility index (Phi) is 5.46. The molecule has 1 heterocycles. The zero-order valence-electron chi connectivity index (χ0n) is 14.6. The lowest BCUT2D eigenvalue weighted by Gasteiger charge is -2.26. The molecule has 3 N–H and O–H groups in total. The van der Waals surface area contributed by atoms with Gasteiger partial charge in [-0.1, -0.05) is 12.1 Å². The minimum Gasteiger partial charge on any atom is -0.481 e. The summed E-state index contributed by atoms with van der Waals surface area (Å²) >= 11 is 0. The Balaban J connectivity index is 1.58. The van der Waals surface area contributed by atoms with E-state index in [1.807, 2.05) is 31.2 Å². The largest absolute Gasteiger partial charge is 0.481 e. The number of urea groups is 1. The number of anilines is 1. The molecule has 2 amide bonds. The summed E-state index contributed by atoms with van der Waals surface area (Å²) in [4.78, 5) is 31.9. The summed E-state index contributed by atoms with van der Waals surface area (Å²) in [6.45, 7) is 1.90. The van der Waals surface area contributed by atoms with E-state index in [-0.39, 0.29) is 18.0 Å². The first-order valence-electron chi connectivity index (χ1n) is 8.71. The second-order valence-corrected chi connectivity index (χ2v) is 6.59. The molecule has 2 aromatic rings. The molecule has 0 unspecified atom stereocenters. The summed E-state index contributed by atoms with van der Waals surface area (Å²) in [5.41, 5.74) is 2.36. The van der Waals surface area contributed by atoms with Gasteiger partial charge in [0.05, 0.1) is 5.92 Å². The highest BCUT2D eigenvalue weighted by atomic mass is 16.4. The number of carboxylic acid groups (broad SMARTS) is 1. The number of amides is 2. The van der Waals surface area contributed by atoms with Crippen molar-refractivity contribution in [3.8, 4) is 11.4 Å². The molecule has 1 aromatic heterocycles. The van der Waals surface area contributed by atoms with E-state index in [1.54, 1.807) is 12.3 Å². The molecule has 0 spiro atoms. The molecule has 0 saturated heterocycles. The van der Waals surface area contributed by atoms with Crippen molar-refractivity contribution < 1.29 is 14.7 Å². The predicted molar refractivity (Wildman–Crippen MR) is 97.7 cm³/mol. The van der Waals surface area contributed by atoms with Crippen LogP contribution in [0.2, 0.25) is 0 Å². The number of nitrogens with zero attached hydrogens (tertiary/aromatic N) is 2. The number of aliphatic carboxylic acids is 1. The van der Waals surface area contributed by atoms with Crippen LogP contribution < -0.4 is 10.6 Å². The van der Waals surface area contributed by atoms with Crippen LogP contribution in [0.25, 0.3) is 11.4 Å². The third-order valence-electron chi connectivity index (χ3n) is 4.59. The average molecular weight is 354 g/mol. The zero-order chi connectivity index (χ0) is 18.5. The topological polar surface area (TPSA) is 104 Å². The number of aromatic nitrogens is 2. The van der Waals surface area contributed by atoms with Crippen molar-refractivity contribution >= 4 is 17.7 Å². The molecule has 3 rings (SSSR count). The van der Waals surface area contributed by atoms with E-state index in [0.29, 0.717) is 37.2 Å². The van der Waals surface area contributed by atoms with Gasteiger partial charge in [0.25, 0.3) is 0 Å². The van der Waals surface area contributed by atoms with Gasteiger partial charge in [0, 0.05) is 29.2 Å². The molecule has 0 radical (unpaired) electrons. The quantitative estimate of drug-likeness (QED) is 0.782. The van der Waals surface area contributed by atoms with Crippen molar-refractivity contribution in [1.29, 1.82) is 0 Å². The lowest BCUT2D eigenvalue weighted by atomic mass is 9.86. The zero-order valence-corrected chi connectivity index (χ0v) is 14.6. The molecule has 1 saturated carbocycles. The maximum absolute atomic E-state index is 12.2. The van der Waals surface area contributed by atoms with Crippen LogP contribution in [0.3, 0.4) is 0 Å². The maximum Gasteiger partial charge on any atom is 0.319 e. The van der Waals surface area contributed by atoms with E-state index in [2.05, 4.69) is 20.6 Å². The van der Waals surface area contributed by atoms with Gasteiger partial charge in [-0.2, -0.15) is 0 Å². The summed E-state index contributed by atoms with van der Waals surface area (Å²) in [5, 5.41) is 14.8. The van der Waals surface area contributed by atoms with Crippen LogP contribution in [-0.4, -0.2) is 33.1 Å². The Labute approximate surface area is 151 Å². The molecule has 1 aliphatic rings. The normalized spacial score (nSPS) is 19.6. The first-order chi connectivity index (χ1) is 12.5. The van der Waals surface area contributed by atoms with E-state index in [0.717, 1.165) is 11.3 Å². The van der Waals surface area contributed by atoms with E-state index in [4.69, 9.17) is 5.11 Å². The number of aryl methyl sites for hydroxylation is 1. The third kappa shape index (κ3) is 4.56. The van der Waals surface area contributed by atoms with Crippen LogP contribution in [0.1, 0.15) is 31.4 Å². The fraction of sp³-hybridized carbons (Fsp3) is 0.368. The van der Waals surface area contributed by atoms with Gasteiger partial charge in [0.15, 0.2) is 5.82 Å². The molecule has 136 valence electrons. The number of hydrogen-bond acceptors (Lipinski definition) is 4. The van der Waals surface area contributed by atoms with Crippen molar-refractivity contribution in [2.75, 3.05) is 5.32 Å². The first kappa shape index (κ1) is 17.8. The van der Waals surface area contributed by atoms with Crippen LogP contribution in [0.5, 0.6) is 0 Å². The molecule has 0 aliphatic heterocycles. The smallest absolute Gasteiger partial charge is 0.319 e. The highest BCUT2D eigenvalue weighted by Crippen LogP contribution is 2.24. The Hall–Kier alpha value is -2.96. The molecule has 1 aromatic carbocycles. The van der Waals surface area contributed by atoms with E-state index >= 15 is 0 Å². The minimum absolute atomic E-state index is 0.00823. The molecular weight excluding hydrogens is 332 g/mol. The lowest BCUT2D eigenvalue weighted by molar-refractivity contribution is -0.142. The van der Waals surface area contributed by atoms with Crippen molar-refractivity contribution in [3.63, 3.8) is 0 Å². The summed E-state index contributed by atoms with van der Waals surface area (Å²) in [6.07, 6.45) is 4.27. The third-order valence-corrected chi connectivity index (χ3v) is 4.59. The highest BCUT2D eigenvalue weighted by molar-refractivity contribution is 5.90. The number of rotatable bonds is 4. The molecule has 0 atom stereocenters. The number of carbonyl (C=O) groups excluding carboxylic acids is 1. The molecule has 1 aliphatic carbocycles. The monoisotopic (exact) mass is 354 g/mol. The molecule has 7 heteroatoms. The summed E-state index contributed by atoms with van der Waals surface area (Å²) in [6, 6.07) is 8.92. The Morgan fingerprint density at radius 1 is 1.15 bits per heavy atom. The fourth-order valence-electron chi connectivity index (χ4n) is 3.16. The summed E-state index contributed by atoms with van der Waals surface area (Å²) < 4.78 is 0. The van der Waals surface area contributed by atoms with Gasteiger partial charge in [-0.25, -0.2) is 14.8 Å². The van der Waals surface area contributed by atoms with Gasteiger partial charge < -0.3 is 15.7 Å². The number of nitrogens with one attached hydrogen (secondary N) is 2. The Morgan fingerprint density at radius 2 is 1.92 bits per heavy atom. The van der Waals surface area contributed by atoms with Gasteiger partial charge in [-0.15, -0.1) is 0 Å². The van der Waals surface area contributed by atoms with Crippen molar-refractivity contribution in [1.82, 2.24) is 15.3 Å². The predicted octanol–water partition coefficient (Wildman–Crippen LogP) is 3.22. The van der Waals surface area contributed by atoms with Crippen molar-refractivity contribution in [2.24, 2.45) is 5.92 Å². The molecule has 26 heavy (non-hydrogen) atoms. The van der Waals surface area contributed by atoms with Gasteiger partial charge in [0.1, 0.15) is 0 Å². The number of carboxylic acids is 1. The molecular formula is C19H22N4O3. The van der Waals surface area contributed by atoms with Crippen molar-refractivity contribution in [2.45, 2.75) is 38.6 Å². The van der Waals surface area contributed by atoms with Gasteiger partial charge >= 0.3 is 12.0 Å². The number of carbonyl (C=O) groups is 2. The lowest BCUT2D eigenvalue weighted by Crippen LogP contribution is -2.40. The Morgan fingerprint density at radius 3 is 2.62 bits per heavy atom. The molecule has 0 bridgehead atoms. The molecule has 7 nitrogen and oxygen atoms in total. The average Bonchev–Trinajstić information content (AvgIpc) is 2.62. The standard InChI is InChI=1S/C19H22N4O3/c1-12-9-10-20-17(21-12)14-3-2-4-16(11-14)23-19(26)22-15-7-5-13(6-8-15)18(24)25/h2-4,9-11,13,15H,5-8H2,1H3,(H,24,25)(H2,22,23,26). The Bertz CT molecular complexity index is 801. The SMILES string of the molecule is Cc1ccnc(-c2cccc(NC(=O)NC3CCC(C(=O)O)CC3)c2)n1. The first-order valence-corrected chi connectivity index (χ1v) is 8.71. The van der Waals surface area contributed by atoms with Crippen molar-refractivity contribution in [3.05, 3.63) is 42.2 Å². The van der Waals surface area contributed by atoms with Gasteiger partial charge in [-0.05, 0) is 50.8 Å². The second-order valence-electron chi connectivity index (χ2n) is 6.59. The maximum atomic E-state index is 12.2.